The van der Waals surface area contributed by atoms with Crippen LogP contribution in [0.2, 0.25) is 0 Å². The van der Waals surface area contributed by atoms with Gasteiger partial charge < -0.3 is 14.4 Å². The van der Waals surface area contributed by atoms with Crippen LogP contribution in [0.15, 0.2) is 0 Å². The van der Waals surface area contributed by atoms with E-state index in [-0.39, 0.29) is 0 Å². The fourth-order valence-corrected chi connectivity index (χ4v) is 1.42. The largest absolute Gasteiger partial charge is 0.510 e. The Morgan fingerprint density at radius 3 is 2.56 bits per heavy atom. The quantitative estimate of drug-likeness (QED) is 0.632. The van der Waals surface area contributed by atoms with Gasteiger partial charge in [0.05, 0.1) is 13.7 Å². The van der Waals surface area contributed by atoms with E-state index in [0.717, 1.165) is 19.1 Å². The summed E-state index contributed by atoms with van der Waals surface area (Å²) >= 11 is 0. The molecular weight excluding hydrogens is 226 g/mol. The van der Waals surface area contributed by atoms with Gasteiger partial charge in [0.25, 0.3) is 0 Å². The molecular formula is C8H12F2N2O4. The third kappa shape index (κ3) is 2.15. The molecule has 6 nitrogen and oxygen atoms in total. The number of carbonyl (C=O) groups is 2. The maximum atomic E-state index is 13.5. The molecule has 0 spiro atoms. The SMILES string of the molecule is COC(=O)OC1N(C)C(=O)N(C)CC1(F)F. The standard InChI is InChI=1S/C8H12F2N2O4/c1-11-4-8(9,10)5(12(2)6(11)13)16-7(14)15-3/h5H,4H2,1-3H3. The van der Waals surface area contributed by atoms with Gasteiger partial charge in [0.2, 0.25) is 6.23 Å². The molecule has 0 bridgehead atoms. The number of methoxy groups -OCH3 is 1. The van der Waals surface area contributed by atoms with Crippen molar-refractivity contribution in [3.63, 3.8) is 0 Å². The van der Waals surface area contributed by atoms with E-state index in [1.54, 1.807) is 0 Å². The van der Waals surface area contributed by atoms with Crippen LogP contribution in [0.4, 0.5) is 18.4 Å². The van der Waals surface area contributed by atoms with E-state index in [4.69, 9.17) is 0 Å². The molecule has 1 fully saturated rings. The van der Waals surface area contributed by atoms with Crippen molar-refractivity contribution in [3.05, 3.63) is 0 Å². The number of rotatable bonds is 1. The number of ether oxygens (including phenoxy) is 2. The normalized spacial score (nSPS) is 24.3. The first kappa shape index (κ1) is 12.5. The summed E-state index contributed by atoms with van der Waals surface area (Å²) in [4.78, 5) is 23.6. The fraction of sp³-hybridized carbons (Fsp3) is 0.750. The molecule has 1 rings (SSSR count). The number of hydrogen-bond donors (Lipinski definition) is 0. The summed E-state index contributed by atoms with van der Waals surface area (Å²) in [5.41, 5.74) is 0. The molecule has 1 saturated heterocycles. The van der Waals surface area contributed by atoms with Crippen molar-refractivity contribution in [3.8, 4) is 0 Å². The lowest BCUT2D eigenvalue weighted by Crippen LogP contribution is -2.63. The van der Waals surface area contributed by atoms with Gasteiger partial charge >= 0.3 is 18.1 Å². The van der Waals surface area contributed by atoms with Crippen LogP contribution in [0.1, 0.15) is 0 Å². The molecule has 2 amide bonds. The monoisotopic (exact) mass is 238 g/mol. The average Bonchev–Trinajstić information content (AvgIpc) is 2.20. The van der Waals surface area contributed by atoms with Crippen molar-refractivity contribution in [1.29, 1.82) is 0 Å². The van der Waals surface area contributed by atoms with Gasteiger partial charge in [0.1, 0.15) is 0 Å². The van der Waals surface area contributed by atoms with Crippen LogP contribution >= 0.6 is 0 Å². The highest BCUT2D eigenvalue weighted by atomic mass is 19.3. The van der Waals surface area contributed by atoms with Gasteiger partial charge in [-0.2, -0.15) is 8.78 Å². The Kier molecular flexibility index (Phi) is 3.20. The molecule has 0 aromatic carbocycles. The zero-order valence-electron chi connectivity index (χ0n) is 9.07. The second-order valence-corrected chi connectivity index (χ2v) is 3.43. The van der Waals surface area contributed by atoms with Gasteiger partial charge in [-0.1, -0.05) is 0 Å². The smallest absolute Gasteiger partial charge is 0.438 e. The van der Waals surface area contributed by atoms with Gasteiger partial charge in [0, 0.05) is 14.1 Å². The highest BCUT2D eigenvalue weighted by Crippen LogP contribution is 2.29. The van der Waals surface area contributed by atoms with Crippen LogP contribution < -0.4 is 0 Å². The summed E-state index contributed by atoms with van der Waals surface area (Å²) in [6.45, 7) is -0.808. The summed E-state index contributed by atoms with van der Waals surface area (Å²) < 4.78 is 35.4. The summed E-state index contributed by atoms with van der Waals surface area (Å²) in [6.07, 6.45) is -3.20. The number of hydrogen-bond acceptors (Lipinski definition) is 4. The first-order valence-corrected chi connectivity index (χ1v) is 4.40. The van der Waals surface area contributed by atoms with Crippen LogP contribution in [0, 0.1) is 0 Å². The van der Waals surface area contributed by atoms with Crippen molar-refractivity contribution in [2.75, 3.05) is 27.7 Å². The van der Waals surface area contributed by atoms with E-state index in [2.05, 4.69) is 9.47 Å². The summed E-state index contributed by atoms with van der Waals surface area (Å²) in [5, 5.41) is 0. The van der Waals surface area contributed by atoms with Gasteiger partial charge in [-0.3, -0.25) is 4.90 Å². The van der Waals surface area contributed by atoms with Crippen molar-refractivity contribution >= 4 is 12.2 Å². The fourth-order valence-electron chi connectivity index (χ4n) is 1.42. The molecule has 1 atom stereocenters. The van der Waals surface area contributed by atoms with E-state index < -0.39 is 30.9 Å². The van der Waals surface area contributed by atoms with Crippen molar-refractivity contribution in [2.24, 2.45) is 0 Å². The molecule has 16 heavy (non-hydrogen) atoms. The molecule has 92 valence electrons. The number of amides is 2. The second-order valence-electron chi connectivity index (χ2n) is 3.43. The Hall–Kier alpha value is -1.60. The Morgan fingerprint density at radius 2 is 2.06 bits per heavy atom. The third-order valence-corrected chi connectivity index (χ3v) is 2.16. The van der Waals surface area contributed by atoms with Crippen LogP contribution in [0.3, 0.4) is 0 Å². The van der Waals surface area contributed by atoms with Crippen LogP contribution in [0.5, 0.6) is 0 Å². The Morgan fingerprint density at radius 1 is 1.50 bits per heavy atom. The number of halogens is 2. The van der Waals surface area contributed by atoms with E-state index in [9.17, 15) is 18.4 Å². The molecule has 0 radical (unpaired) electrons. The minimum Gasteiger partial charge on any atom is -0.438 e. The second kappa shape index (κ2) is 4.11. The molecule has 1 unspecified atom stereocenters. The van der Waals surface area contributed by atoms with E-state index >= 15 is 0 Å². The van der Waals surface area contributed by atoms with Gasteiger partial charge in [-0.25, -0.2) is 9.59 Å². The van der Waals surface area contributed by atoms with Crippen molar-refractivity contribution in [1.82, 2.24) is 9.80 Å². The predicted molar refractivity (Wildman–Crippen MR) is 48.0 cm³/mol. The van der Waals surface area contributed by atoms with Crippen LogP contribution in [0.25, 0.3) is 0 Å². The number of urea groups is 1. The molecule has 0 aliphatic carbocycles. The molecule has 0 N–H and O–H groups in total. The third-order valence-electron chi connectivity index (χ3n) is 2.16. The molecule has 0 saturated carbocycles. The maximum Gasteiger partial charge on any atom is 0.510 e. The average molecular weight is 238 g/mol. The van der Waals surface area contributed by atoms with Gasteiger partial charge in [0.15, 0.2) is 0 Å². The lowest BCUT2D eigenvalue weighted by Gasteiger charge is -2.41. The Labute approximate surface area is 90.7 Å². The first-order valence-electron chi connectivity index (χ1n) is 4.40. The number of alkyl halides is 2. The lowest BCUT2D eigenvalue weighted by molar-refractivity contribution is -0.189. The zero-order chi connectivity index (χ0) is 12.5. The van der Waals surface area contributed by atoms with Crippen molar-refractivity contribution < 1.29 is 27.8 Å². The van der Waals surface area contributed by atoms with Gasteiger partial charge in [-0.05, 0) is 0 Å². The molecule has 1 aliphatic heterocycles. The topological polar surface area (TPSA) is 59.1 Å². The summed E-state index contributed by atoms with van der Waals surface area (Å²) in [6, 6.07) is -0.653. The highest BCUT2D eigenvalue weighted by Gasteiger charge is 2.53. The minimum atomic E-state index is -3.34. The highest BCUT2D eigenvalue weighted by molar-refractivity contribution is 5.75. The first-order chi connectivity index (χ1) is 7.29. The van der Waals surface area contributed by atoms with Crippen molar-refractivity contribution in [2.45, 2.75) is 12.2 Å². The molecule has 1 heterocycles. The Bertz CT molecular complexity index is 310. The van der Waals surface area contributed by atoms with Crippen LogP contribution in [-0.4, -0.2) is 61.9 Å². The predicted octanol–water partition coefficient (Wildman–Crippen LogP) is 0.728. The van der Waals surface area contributed by atoms with Crippen LogP contribution in [-0.2, 0) is 9.47 Å². The summed E-state index contributed by atoms with van der Waals surface area (Å²) in [7, 11) is 3.36. The number of nitrogens with zero attached hydrogens (tertiary/aromatic N) is 2. The maximum absolute atomic E-state index is 13.5. The summed E-state index contributed by atoms with van der Waals surface area (Å²) in [5.74, 6) is -3.34. The zero-order valence-corrected chi connectivity index (χ0v) is 9.07. The van der Waals surface area contributed by atoms with E-state index in [0.29, 0.717) is 4.90 Å². The lowest BCUT2D eigenvalue weighted by atomic mass is 10.2. The molecule has 1 aliphatic rings. The Balaban J connectivity index is 2.86. The number of carbonyl (C=O) groups excluding carboxylic acids is 2. The van der Waals surface area contributed by atoms with E-state index in [1.807, 2.05) is 0 Å². The molecule has 0 aromatic heterocycles. The minimum absolute atomic E-state index is 0.653. The van der Waals surface area contributed by atoms with Gasteiger partial charge in [-0.15, -0.1) is 0 Å². The molecule has 8 heteroatoms. The van der Waals surface area contributed by atoms with E-state index in [1.165, 1.54) is 7.05 Å². The molecule has 0 aromatic rings.